The standard InChI is InChI=1S/C23H25N3S.ClH/c1-15-8-10-16(11-9-15)19-14-18-12-13-20(26(18)2)21(19)23-25-24-22(27-23)17-6-4-3-5-7-17;/h3-11,18-21H,12-14H2,1-2H3;1H/t18-,19-,20?,21?;/m1./s1. The minimum Gasteiger partial charge on any atom is -0.300 e. The van der Waals surface area contributed by atoms with Gasteiger partial charge < -0.3 is 0 Å². The topological polar surface area (TPSA) is 29.0 Å². The third kappa shape index (κ3) is 3.38. The maximum Gasteiger partial charge on any atom is 0.147 e. The van der Waals surface area contributed by atoms with E-state index < -0.39 is 0 Å². The number of halogens is 1. The van der Waals surface area contributed by atoms with Crippen LogP contribution in [0.3, 0.4) is 0 Å². The fourth-order valence-electron chi connectivity index (χ4n) is 5.03. The largest absolute Gasteiger partial charge is 0.300 e. The summed E-state index contributed by atoms with van der Waals surface area (Å²) in [4.78, 5) is 2.61. The Balaban J connectivity index is 0.00000192. The fraction of sp³-hybridized carbons (Fsp3) is 0.391. The van der Waals surface area contributed by atoms with E-state index in [1.165, 1.54) is 41.0 Å². The zero-order valence-electron chi connectivity index (χ0n) is 16.3. The third-order valence-corrected chi connectivity index (χ3v) is 7.59. The number of aryl methyl sites for hydroxylation is 1. The minimum atomic E-state index is 0. The van der Waals surface area contributed by atoms with Gasteiger partial charge in [0.25, 0.3) is 0 Å². The van der Waals surface area contributed by atoms with E-state index in [0.29, 0.717) is 23.9 Å². The second kappa shape index (κ2) is 7.94. The highest BCUT2D eigenvalue weighted by molar-refractivity contribution is 7.14. The summed E-state index contributed by atoms with van der Waals surface area (Å²) in [7, 11) is 2.31. The summed E-state index contributed by atoms with van der Waals surface area (Å²) >= 11 is 1.78. The quantitative estimate of drug-likeness (QED) is 0.556. The lowest BCUT2D eigenvalue weighted by molar-refractivity contribution is 0.137. The van der Waals surface area contributed by atoms with Crippen molar-refractivity contribution >= 4 is 23.7 Å². The van der Waals surface area contributed by atoms with E-state index in [1.807, 2.05) is 6.07 Å². The molecule has 3 nitrogen and oxygen atoms in total. The van der Waals surface area contributed by atoms with Gasteiger partial charge in [-0.3, -0.25) is 4.90 Å². The molecule has 0 radical (unpaired) electrons. The number of benzene rings is 2. The Kier molecular flexibility index (Phi) is 5.55. The molecule has 1 aromatic heterocycles. The van der Waals surface area contributed by atoms with Crippen LogP contribution in [0.5, 0.6) is 0 Å². The predicted molar refractivity (Wildman–Crippen MR) is 118 cm³/mol. The molecule has 5 rings (SSSR count). The van der Waals surface area contributed by atoms with E-state index >= 15 is 0 Å². The molecule has 0 saturated carbocycles. The molecule has 2 saturated heterocycles. The zero-order chi connectivity index (χ0) is 18.4. The van der Waals surface area contributed by atoms with E-state index in [4.69, 9.17) is 5.10 Å². The van der Waals surface area contributed by atoms with Gasteiger partial charge >= 0.3 is 0 Å². The first-order valence-corrected chi connectivity index (χ1v) is 10.7. The van der Waals surface area contributed by atoms with Crippen LogP contribution in [0.25, 0.3) is 10.6 Å². The number of rotatable bonds is 3. The third-order valence-electron chi connectivity index (χ3n) is 6.52. The molecular weight excluding hydrogens is 386 g/mol. The van der Waals surface area contributed by atoms with Gasteiger partial charge in [0.15, 0.2) is 0 Å². The average Bonchev–Trinajstić information content (AvgIpc) is 3.26. The van der Waals surface area contributed by atoms with Crippen LogP contribution < -0.4 is 0 Å². The van der Waals surface area contributed by atoms with Crippen molar-refractivity contribution in [2.45, 2.75) is 50.1 Å². The number of hydrogen-bond acceptors (Lipinski definition) is 4. The molecule has 2 fully saturated rings. The van der Waals surface area contributed by atoms with Crippen LogP contribution in [0.4, 0.5) is 0 Å². The van der Waals surface area contributed by atoms with Crippen molar-refractivity contribution in [2.75, 3.05) is 7.05 Å². The molecule has 146 valence electrons. The Bertz CT molecular complexity index is 925. The van der Waals surface area contributed by atoms with E-state index in [1.54, 1.807) is 11.3 Å². The molecule has 0 aliphatic carbocycles. The van der Waals surface area contributed by atoms with Gasteiger partial charge in [0, 0.05) is 23.6 Å². The average molecular weight is 412 g/mol. The van der Waals surface area contributed by atoms with Crippen molar-refractivity contribution in [3.63, 3.8) is 0 Å². The Labute approximate surface area is 177 Å². The molecule has 2 bridgehead atoms. The highest BCUT2D eigenvalue weighted by Crippen LogP contribution is 2.51. The van der Waals surface area contributed by atoms with Crippen molar-refractivity contribution in [2.24, 2.45) is 0 Å². The maximum atomic E-state index is 4.70. The van der Waals surface area contributed by atoms with Crippen LogP contribution in [0, 0.1) is 6.92 Å². The fourth-order valence-corrected chi connectivity index (χ4v) is 6.10. The van der Waals surface area contributed by atoms with E-state index in [9.17, 15) is 0 Å². The lowest BCUT2D eigenvalue weighted by atomic mass is 9.76. The summed E-state index contributed by atoms with van der Waals surface area (Å²) in [6.45, 7) is 2.16. The molecular formula is C23H26ClN3S. The molecule has 5 heteroatoms. The summed E-state index contributed by atoms with van der Waals surface area (Å²) < 4.78 is 0. The van der Waals surface area contributed by atoms with Gasteiger partial charge in [0.1, 0.15) is 10.0 Å². The van der Waals surface area contributed by atoms with Gasteiger partial charge in [0.05, 0.1) is 0 Å². The van der Waals surface area contributed by atoms with Crippen LogP contribution in [0.2, 0.25) is 0 Å². The van der Waals surface area contributed by atoms with E-state index in [2.05, 4.69) is 72.5 Å². The van der Waals surface area contributed by atoms with Crippen molar-refractivity contribution < 1.29 is 0 Å². The Hall–Kier alpha value is -1.75. The van der Waals surface area contributed by atoms with Crippen LogP contribution in [-0.2, 0) is 0 Å². The van der Waals surface area contributed by atoms with Crippen LogP contribution >= 0.6 is 23.7 Å². The lowest BCUT2D eigenvalue weighted by Crippen LogP contribution is -2.44. The zero-order valence-corrected chi connectivity index (χ0v) is 17.9. The molecule has 2 aliphatic rings. The summed E-state index contributed by atoms with van der Waals surface area (Å²) in [5.41, 5.74) is 3.96. The predicted octanol–water partition coefficient (Wildman–Crippen LogP) is 5.67. The minimum absolute atomic E-state index is 0. The van der Waals surface area contributed by atoms with Crippen molar-refractivity contribution in [1.82, 2.24) is 15.1 Å². The molecule has 28 heavy (non-hydrogen) atoms. The van der Waals surface area contributed by atoms with Gasteiger partial charge in [-0.15, -0.1) is 22.6 Å². The van der Waals surface area contributed by atoms with Gasteiger partial charge in [0.2, 0.25) is 0 Å². The molecule has 3 aromatic rings. The smallest absolute Gasteiger partial charge is 0.147 e. The second-order valence-electron chi connectivity index (χ2n) is 8.05. The maximum absolute atomic E-state index is 4.70. The lowest BCUT2D eigenvalue weighted by Gasteiger charge is -2.42. The molecule has 0 amide bonds. The second-order valence-corrected chi connectivity index (χ2v) is 9.06. The van der Waals surface area contributed by atoms with Crippen LogP contribution in [-0.4, -0.2) is 34.2 Å². The normalized spacial score (nSPS) is 26.8. The number of fused-ring (bicyclic) bond motifs is 2. The number of piperidine rings is 1. The Morgan fingerprint density at radius 1 is 0.964 bits per heavy atom. The number of aromatic nitrogens is 2. The van der Waals surface area contributed by atoms with E-state index in [0.717, 1.165) is 5.01 Å². The van der Waals surface area contributed by atoms with Crippen molar-refractivity contribution in [3.8, 4) is 10.6 Å². The molecule has 0 spiro atoms. The first kappa shape index (κ1) is 19.6. The summed E-state index contributed by atoms with van der Waals surface area (Å²) in [5, 5.41) is 11.5. The SMILES string of the molecule is Cc1ccc([C@H]2C[C@H]3CCC(C2c2nnc(-c4ccccc4)s2)N3C)cc1.Cl. The highest BCUT2D eigenvalue weighted by Gasteiger charge is 2.47. The van der Waals surface area contributed by atoms with Gasteiger partial charge in [-0.05, 0) is 44.7 Å². The van der Waals surface area contributed by atoms with Crippen LogP contribution in [0.1, 0.15) is 47.2 Å². The highest BCUT2D eigenvalue weighted by atomic mass is 35.5. The van der Waals surface area contributed by atoms with Gasteiger partial charge in [-0.2, -0.15) is 0 Å². The van der Waals surface area contributed by atoms with Gasteiger partial charge in [-0.25, -0.2) is 0 Å². The monoisotopic (exact) mass is 411 g/mol. The first-order valence-electron chi connectivity index (χ1n) is 9.88. The molecule has 2 unspecified atom stereocenters. The molecule has 2 aliphatic heterocycles. The van der Waals surface area contributed by atoms with Crippen molar-refractivity contribution in [3.05, 3.63) is 70.7 Å². The summed E-state index contributed by atoms with van der Waals surface area (Å²) in [5.74, 6) is 0.974. The molecule has 0 N–H and O–H groups in total. The molecule has 4 atom stereocenters. The van der Waals surface area contributed by atoms with Gasteiger partial charge in [-0.1, -0.05) is 71.5 Å². The number of nitrogens with zero attached hydrogens (tertiary/aromatic N) is 3. The number of hydrogen-bond donors (Lipinski definition) is 0. The Morgan fingerprint density at radius 3 is 2.46 bits per heavy atom. The summed E-state index contributed by atoms with van der Waals surface area (Å²) in [6, 6.07) is 20.9. The van der Waals surface area contributed by atoms with Crippen LogP contribution in [0.15, 0.2) is 54.6 Å². The molecule has 3 heterocycles. The molecule has 2 aromatic carbocycles. The summed E-state index contributed by atoms with van der Waals surface area (Å²) in [6.07, 6.45) is 3.81. The van der Waals surface area contributed by atoms with E-state index in [-0.39, 0.29) is 12.4 Å². The first-order chi connectivity index (χ1) is 13.2. The Morgan fingerprint density at radius 2 is 1.71 bits per heavy atom. The van der Waals surface area contributed by atoms with Crippen molar-refractivity contribution in [1.29, 1.82) is 0 Å². The number of likely N-dealkylation sites (N-methyl/N-ethyl adjacent to an activating group) is 1.